The van der Waals surface area contributed by atoms with Crippen LogP contribution in [0.2, 0.25) is 0 Å². The summed E-state index contributed by atoms with van der Waals surface area (Å²) in [5.41, 5.74) is 13.2. The molecule has 5 heteroatoms. The number of carbonyl (C=O) groups excluding carboxylic acids is 1. The van der Waals surface area contributed by atoms with Gasteiger partial charge in [0.05, 0.1) is 11.3 Å². The maximum atomic E-state index is 11.7. The van der Waals surface area contributed by atoms with E-state index in [1.807, 2.05) is 18.2 Å². The van der Waals surface area contributed by atoms with E-state index in [1.54, 1.807) is 0 Å². The largest absolute Gasteiger partial charge is 0.365 e. The fourth-order valence-corrected chi connectivity index (χ4v) is 4.14. The van der Waals surface area contributed by atoms with E-state index < -0.39 is 0 Å². The zero-order valence-electron chi connectivity index (χ0n) is 10.7. The average Bonchev–Trinajstić information content (AvgIpc) is 2.60. The minimum atomic E-state index is -0.378. The van der Waals surface area contributed by atoms with Gasteiger partial charge in [-0.05, 0) is 53.7 Å². The van der Waals surface area contributed by atoms with Crippen molar-refractivity contribution >= 4 is 27.5 Å². The summed E-state index contributed by atoms with van der Waals surface area (Å²) in [6.07, 6.45) is 4.31. The third-order valence-electron chi connectivity index (χ3n) is 4.29. The van der Waals surface area contributed by atoms with Crippen molar-refractivity contribution in [1.82, 2.24) is 0 Å². The number of halogens is 1. The predicted octanol–water partition coefficient (Wildman–Crippen LogP) is 2.01. The molecule has 2 heterocycles. The first kappa shape index (κ1) is 12.9. The summed E-state index contributed by atoms with van der Waals surface area (Å²) < 4.78 is 0.770. The lowest BCUT2D eigenvalue weighted by atomic mass is 9.96. The number of carbonyl (C=O) groups is 1. The summed E-state index contributed by atoms with van der Waals surface area (Å²) in [6, 6.07) is 6.99. The van der Waals surface area contributed by atoms with Crippen molar-refractivity contribution in [2.24, 2.45) is 11.5 Å². The molecule has 102 valence electrons. The number of rotatable bonds is 2. The van der Waals surface area contributed by atoms with Crippen LogP contribution in [-0.4, -0.2) is 24.0 Å². The van der Waals surface area contributed by atoms with Crippen LogP contribution in [0.1, 0.15) is 36.0 Å². The number of benzene rings is 1. The molecule has 2 aliphatic rings. The number of hydrogen-bond donors (Lipinski definition) is 2. The molecule has 2 unspecified atom stereocenters. The maximum absolute atomic E-state index is 11.7. The molecule has 2 bridgehead atoms. The summed E-state index contributed by atoms with van der Waals surface area (Å²) in [4.78, 5) is 14.1. The molecule has 4 N–H and O–H groups in total. The molecular weight excluding hydrogens is 306 g/mol. The van der Waals surface area contributed by atoms with E-state index in [1.165, 1.54) is 0 Å². The van der Waals surface area contributed by atoms with Gasteiger partial charge in [0.15, 0.2) is 0 Å². The van der Waals surface area contributed by atoms with Gasteiger partial charge < -0.3 is 16.4 Å². The Kier molecular flexibility index (Phi) is 3.27. The molecule has 0 radical (unpaired) electrons. The topological polar surface area (TPSA) is 72.4 Å². The highest BCUT2D eigenvalue weighted by Gasteiger charge is 2.40. The molecule has 1 aromatic rings. The van der Waals surface area contributed by atoms with Crippen LogP contribution >= 0.6 is 15.9 Å². The number of fused-ring (bicyclic) bond motifs is 2. The summed E-state index contributed by atoms with van der Waals surface area (Å²) in [6.45, 7) is 0. The van der Waals surface area contributed by atoms with Crippen LogP contribution < -0.4 is 16.4 Å². The Labute approximate surface area is 121 Å². The molecule has 2 saturated heterocycles. The molecule has 0 spiro atoms. The van der Waals surface area contributed by atoms with Gasteiger partial charge in [-0.1, -0.05) is 6.07 Å². The van der Waals surface area contributed by atoms with E-state index in [4.69, 9.17) is 11.5 Å². The molecule has 1 amide bonds. The van der Waals surface area contributed by atoms with Gasteiger partial charge in [0.25, 0.3) is 5.91 Å². The number of hydrogen-bond acceptors (Lipinski definition) is 3. The first-order chi connectivity index (χ1) is 9.08. The highest BCUT2D eigenvalue weighted by molar-refractivity contribution is 9.10. The number of amides is 1. The van der Waals surface area contributed by atoms with Gasteiger partial charge in [-0.3, -0.25) is 4.79 Å². The van der Waals surface area contributed by atoms with Gasteiger partial charge in [-0.25, -0.2) is 0 Å². The Hall–Kier alpha value is -1.07. The normalized spacial score (nSPS) is 29.6. The van der Waals surface area contributed by atoms with Crippen molar-refractivity contribution < 1.29 is 4.79 Å². The van der Waals surface area contributed by atoms with Crippen LogP contribution in [0.4, 0.5) is 5.69 Å². The predicted molar refractivity (Wildman–Crippen MR) is 79.2 cm³/mol. The third-order valence-corrected chi connectivity index (χ3v) is 4.95. The van der Waals surface area contributed by atoms with Gasteiger partial charge in [0.1, 0.15) is 0 Å². The zero-order chi connectivity index (χ0) is 13.6. The molecule has 2 atom stereocenters. The van der Waals surface area contributed by atoms with Crippen LogP contribution in [-0.2, 0) is 0 Å². The van der Waals surface area contributed by atoms with E-state index in [-0.39, 0.29) is 11.9 Å². The quantitative estimate of drug-likeness (QED) is 0.874. The molecule has 2 fully saturated rings. The molecule has 0 aromatic heterocycles. The van der Waals surface area contributed by atoms with Crippen molar-refractivity contribution in [3.05, 3.63) is 28.2 Å². The van der Waals surface area contributed by atoms with E-state index in [0.717, 1.165) is 35.8 Å². The molecular formula is C14H18BrN3O. The highest BCUT2D eigenvalue weighted by Crippen LogP contribution is 2.41. The summed E-state index contributed by atoms with van der Waals surface area (Å²) in [5.74, 6) is -0.378. The molecule has 0 saturated carbocycles. The number of anilines is 1. The van der Waals surface area contributed by atoms with Gasteiger partial charge in [0.2, 0.25) is 0 Å². The lowest BCUT2D eigenvalue weighted by Crippen LogP contribution is -2.48. The van der Waals surface area contributed by atoms with Gasteiger partial charge in [-0.15, -0.1) is 0 Å². The third kappa shape index (κ3) is 2.15. The van der Waals surface area contributed by atoms with Crippen molar-refractivity contribution in [2.75, 3.05) is 4.90 Å². The highest BCUT2D eigenvalue weighted by atomic mass is 79.9. The Morgan fingerprint density at radius 3 is 2.47 bits per heavy atom. The summed E-state index contributed by atoms with van der Waals surface area (Å²) >= 11 is 3.43. The van der Waals surface area contributed by atoms with Crippen LogP contribution in [0, 0.1) is 0 Å². The number of nitrogens with two attached hydrogens (primary N) is 2. The molecule has 3 rings (SSSR count). The first-order valence-electron chi connectivity index (χ1n) is 6.70. The fourth-order valence-electron chi connectivity index (χ4n) is 3.58. The number of primary amides is 1. The van der Waals surface area contributed by atoms with Crippen molar-refractivity contribution in [1.29, 1.82) is 0 Å². The van der Waals surface area contributed by atoms with Crippen molar-refractivity contribution in [3.8, 4) is 0 Å². The van der Waals surface area contributed by atoms with Crippen LogP contribution in [0.15, 0.2) is 22.7 Å². The number of piperidine rings is 1. The van der Waals surface area contributed by atoms with Crippen LogP contribution in [0.3, 0.4) is 0 Å². The lowest BCUT2D eigenvalue weighted by molar-refractivity contribution is 0.1000. The summed E-state index contributed by atoms with van der Waals surface area (Å²) in [7, 11) is 0. The molecule has 4 nitrogen and oxygen atoms in total. The monoisotopic (exact) mass is 323 g/mol. The van der Waals surface area contributed by atoms with Crippen molar-refractivity contribution in [2.45, 2.75) is 43.8 Å². The second kappa shape index (κ2) is 4.80. The Balaban J connectivity index is 2.04. The summed E-state index contributed by atoms with van der Waals surface area (Å²) in [5, 5.41) is 0. The minimum Gasteiger partial charge on any atom is -0.365 e. The van der Waals surface area contributed by atoms with E-state index in [0.29, 0.717) is 17.6 Å². The van der Waals surface area contributed by atoms with Crippen LogP contribution in [0.5, 0.6) is 0 Å². The Bertz CT molecular complexity index is 505. The molecule has 0 aliphatic carbocycles. The number of nitrogens with zero attached hydrogens (tertiary/aromatic N) is 1. The Morgan fingerprint density at radius 1 is 1.26 bits per heavy atom. The lowest BCUT2D eigenvalue weighted by Gasteiger charge is -2.40. The first-order valence-corrected chi connectivity index (χ1v) is 7.49. The minimum absolute atomic E-state index is 0.290. The average molecular weight is 324 g/mol. The van der Waals surface area contributed by atoms with Gasteiger partial charge in [-0.2, -0.15) is 0 Å². The smallest absolute Gasteiger partial charge is 0.251 e. The second-order valence-electron chi connectivity index (χ2n) is 5.52. The molecule has 19 heavy (non-hydrogen) atoms. The SMILES string of the molecule is NC(=O)c1c(Br)cccc1N1C2CCC1CC(N)C2. The van der Waals surface area contributed by atoms with Crippen LogP contribution in [0.25, 0.3) is 0 Å². The second-order valence-corrected chi connectivity index (χ2v) is 6.38. The van der Waals surface area contributed by atoms with Gasteiger partial charge in [0, 0.05) is 22.6 Å². The van der Waals surface area contributed by atoms with E-state index >= 15 is 0 Å². The van der Waals surface area contributed by atoms with Gasteiger partial charge >= 0.3 is 0 Å². The standard InChI is InChI=1S/C14H18BrN3O/c15-11-2-1-3-12(13(11)14(17)19)18-9-4-5-10(18)7-8(16)6-9/h1-3,8-10H,4-7,16H2,(H2,17,19). The zero-order valence-corrected chi connectivity index (χ0v) is 12.3. The molecule has 1 aromatic carbocycles. The molecule has 2 aliphatic heterocycles. The van der Waals surface area contributed by atoms with E-state index in [2.05, 4.69) is 20.8 Å². The Morgan fingerprint density at radius 2 is 1.89 bits per heavy atom. The van der Waals surface area contributed by atoms with E-state index in [9.17, 15) is 4.79 Å². The fraction of sp³-hybridized carbons (Fsp3) is 0.500. The van der Waals surface area contributed by atoms with Crippen molar-refractivity contribution in [3.63, 3.8) is 0 Å². The maximum Gasteiger partial charge on any atom is 0.251 e.